The van der Waals surface area contributed by atoms with Crippen LogP contribution in [0.5, 0.6) is 5.75 Å². The van der Waals surface area contributed by atoms with Crippen LogP contribution in [0.4, 0.5) is 10.9 Å². The van der Waals surface area contributed by atoms with Crippen molar-refractivity contribution in [3.63, 3.8) is 0 Å². The molecule has 2 aliphatic heterocycles. The average Bonchev–Trinajstić information content (AvgIpc) is 3.53. The number of carbonyl (C=O) groups excluding carboxylic acids is 2. The number of carboxylic acid groups (broad SMARTS) is 1. The Morgan fingerprint density at radius 2 is 1.94 bits per heavy atom. The molecule has 0 unspecified atom stereocenters. The number of rotatable bonds is 14. The number of pyridine rings is 1. The highest BCUT2D eigenvalue weighted by Crippen LogP contribution is 2.37. The van der Waals surface area contributed by atoms with Gasteiger partial charge in [-0.25, -0.2) is 14.3 Å². The summed E-state index contributed by atoms with van der Waals surface area (Å²) in [5.41, 5.74) is 15.9. The summed E-state index contributed by atoms with van der Waals surface area (Å²) >= 11 is 0.967. The minimum Gasteiger partial charge on any atom is -0.485 e. The number of hydroxylamine groups is 2. The number of carboxylic acids is 1. The molecule has 19 nitrogen and oxygen atoms in total. The largest absolute Gasteiger partial charge is 0.485 e. The van der Waals surface area contributed by atoms with Crippen molar-refractivity contribution in [2.45, 2.75) is 62.9 Å². The topological polar surface area (TPSA) is 288 Å². The molecule has 280 valence electrons. The molecule has 1 aromatic carbocycles. The van der Waals surface area contributed by atoms with Gasteiger partial charge in [0.1, 0.15) is 23.5 Å². The lowest BCUT2D eigenvalue weighted by Crippen LogP contribution is -2.76. The van der Waals surface area contributed by atoms with E-state index in [9.17, 15) is 27.9 Å². The van der Waals surface area contributed by atoms with Crippen molar-refractivity contribution in [2.24, 2.45) is 23.7 Å². The molecule has 3 aromatic rings. The number of oxime groups is 1. The molecular weight excluding hydrogens is 723 g/mol. The SMILES string of the molecule is C[n+]1cc(-c2ccc3c(c2)CC[C@H]([C@](C)(O/N=C(\C(=O)N[C@@H]2C(=O)N(OS(=O)(=O)O)C2(C)C)c2csc(N)n2)C(=O)O)O3)ccc1NC(CN)CN. The van der Waals surface area contributed by atoms with E-state index in [2.05, 4.69) is 25.1 Å². The summed E-state index contributed by atoms with van der Waals surface area (Å²) in [6.07, 6.45) is 1.55. The molecular formula is C31H40N9O10S2+. The Morgan fingerprint density at radius 3 is 2.52 bits per heavy atom. The van der Waals surface area contributed by atoms with Gasteiger partial charge in [0, 0.05) is 30.1 Å². The molecule has 52 heavy (non-hydrogen) atoms. The van der Waals surface area contributed by atoms with E-state index in [1.165, 1.54) is 26.2 Å². The Balaban J connectivity index is 1.35. The van der Waals surface area contributed by atoms with Crippen LogP contribution in [0.3, 0.4) is 0 Å². The van der Waals surface area contributed by atoms with Gasteiger partial charge in [-0.2, -0.15) is 13.5 Å². The standard InChI is InChI=1S/C31H39N9O10S2/c1-30(2)25(27(42)40(30)50-52(45,46)47)37-26(41)24(20-15-51-29(34)36-20)38-49-31(3,28(43)44)22-9-6-17-11-16(5-8-21(17)48-22)18-7-10-23(39(4)14-18)35-19(12-32)13-33/h5,7-8,10-11,14-15,19,22,25H,6,9,12-13,32-33H2,1-4H3,(H5,34,36,37,41,43,44,45,46,47)/p+1/b38-24-/t22-,25-,31+/m1/s1. The fourth-order valence-electron chi connectivity index (χ4n) is 5.70. The lowest BCUT2D eigenvalue weighted by atomic mass is 9.84. The Morgan fingerprint density at radius 1 is 1.25 bits per heavy atom. The monoisotopic (exact) mass is 762 g/mol. The number of aromatic nitrogens is 2. The summed E-state index contributed by atoms with van der Waals surface area (Å²) in [6, 6.07) is 8.05. The van der Waals surface area contributed by atoms with Gasteiger partial charge in [0.25, 0.3) is 23.2 Å². The number of aryl methyl sites for hydroxylation is 2. The van der Waals surface area contributed by atoms with Gasteiger partial charge in [-0.1, -0.05) is 11.2 Å². The van der Waals surface area contributed by atoms with Gasteiger partial charge in [-0.05, 0) is 62.9 Å². The van der Waals surface area contributed by atoms with Crippen molar-refractivity contribution in [1.82, 2.24) is 15.4 Å². The van der Waals surface area contributed by atoms with Crippen LogP contribution in [0, 0.1) is 0 Å². The van der Waals surface area contributed by atoms with Gasteiger partial charge in [0.2, 0.25) is 0 Å². The van der Waals surface area contributed by atoms with Crippen LogP contribution in [-0.2, 0) is 47.4 Å². The highest BCUT2D eigenvalue weighted by molar-refractivity contribution is 7.80. The van der Waals surface area contributed by atoms with Crippen LogP contribution in [0.25, 0.3) is 11.1 Å². The summed E-state index contributed by atoms with van der Waals surface area (Å²) in [5, 5.41) is 21.8. The number of nitrogens with one attached hydrogen (secondary N) is 2. The first-order chi connectivity index (χ1) is 24.4. The number of hydrogen-bond acceptors (Lipinski definition) is 15. The predicted octanol–water partition coefficient (Wildman–Crippen LogP) is -0.287. The molecule has 0 aliphatic carbocycles. The number of thiazole rings is 1. The molecule has 2 aliphatic rings. The van der Waals surface area contributed by atoms with Crippen molar-refractivity contribution >= 4 is 56.2 Å². The molecule has 5 rings (SSSR count). The maximum atomic E-state index is 13.5. The third-order valence-corrected chi connectivity index (χ3v) is 9.87. The number of benzene rings is 1. The number of amides is 2. The van der Waals surface area contributed by atoms with Crippen LogP contribution >= 0.6 is 11.3 Å². The number of nitrogens with zero attached hydrogens (tertiary/aromatic N) is 4. The zero-order valence-electron chi connectivity index (χ0n) is 28.6. The lowest BCUT2D eigenvalue weighted by Gasteiger charge is -2.50. The van der Waals surface area contributed by atoms with E-state index in [1.54, 1.807) is 6.07 Å². The van der Waals surface area contributed by atoms with Crippen LogP contribution < -0.4 is 37.1 Å². The molecule has 21 heteroatoms. The molecule has 1 saturated heterocycles. The van der Waals surface area contributed by atoms with Crippen molar-refractivity contribution in [3.05, 3.63) is 53.2 Å². The zero-order valence-corrected chi connectivity index (χ0v) is 30.2. The van der Waals surface area contributed by atoms with Gasteiger partial charge in [0.05, 0.1) is 18.8 Å². The van der Waals surface area contributed by atoms with Crippen LogP contribution in [-0.4, -0.2) is 94.0 Å². The van der Waals surface area contributed by atoms with E-state index in [4.69, 9.17) is 31.3 Å². The van der Waals surface area contributed by atoms with Crippen LogP contribution in [0.1, 0.15) is 38.4 Å². The lowest BCUT2D eigenvalue weighted by molar-refractivity contribution is -0.656. The summed E-state index contributed by atoms with van der Waals surface area (Å²) < 4.78 is 43.8. The Bertz CT molecular complexity index is 2020. The number of β-lactam (4-membered cyclic amide) rings is 1. The van der Waals surface area contributed by atoms with Crippen molar-refractivity contribution in [1.29, 1.82) is 0 Å². The van der Waals surface area contributed by atoms with Crippen LogP contribution in [0.15, 0.2) is 47.1 Å². The number of fused-ring (bicyclic) bond motifs is 1. The minimum absolute atomic E-state index is 0.0593. The van der Waals surface area contributed by atoms with Gasteiger partial charge in [-0.3, -0.25) is 19.5 Å². The first kappa shape index (κ1) is 38.3. The number of anilines is 2. The van der Waals surface area contributed by atoms with E-state index in [-0.39, 0.29) is 23.3 Å². The summed E-state index contributed by atoms with van der Waals surface area (Å²) in [7, 11) is -3.13. The molecule has 1 fully saturated rings. The van der Waals surface area contributed by atoms with Gasteiger partial charge >= 0.3 is 16.4 Å². The number of carbonyl (C=O) groups is 3. The van der Waals surface area contributed by atoms with E-state index in [0.717, 1.165) is 33.8 Å². The maximum absolute atomic E-state index is 13.5. The maximum Gasteiger partial charge on any atom is 0.418 e. The molecule has 2 amide bonds. The second-order valence-electron chi connectivity index (χ2n) is 12.9. The average molecular weight is 763 g/mol. The molecule has 4 heterocycles. The second kappa shape index (κ2) is 14.6. The van der Waals surface area contributed by atoms with E-state index < -0.39 is 57.2 Å². The molecule has 0 radical (unpaired) electrons. The van der Waals surface area contributed by atoms with E-state index in [1.807, 2.05) is 42.1 Å². The zero-order chi connectivity index (χ0) is 38.2. The number of nitrogen functional groups attached to an aromatic ring is 1. The van der Waals surface area contributed by atoms with Gasteiger partial charge in [-0.15, -0.1) is 15.6 Å². The van der Waals surface area contributed by atoms with Crippen LogP contribution in [0.2, 0.25) is 0 Å². The number of aliphatic carboxylic acids is 1. The predicted molar refractivity (Wildman–Crippen MR) is 187 cm³/mol. The Labute approximate surface area is 302 Å². The second-order valence-corrected chi connectivity index (χ2v) is 14.8. The van der Waals surface area contributed by atoms with Crippen molar-refractivity contribution < 1.29 is 50.9 Å². The summed E-state index contributed by atoms with van der Waals surface area (Å²) in [4.78, 5) is 48.5. The molecule has 0 saturated carbocycles. The highest BCUT2D eigenvalue weighted by atomic mass is 32.3. The smallest absolute Gasteiger partial charge is 0.418 e. The molecule has 3 atom stereocenters. The fraction of sp³-hybridized carbons (Fsp3) is 0.419. The molecule has 2 aromatic heterocycles. The minimum atomic E-state index is -5.03. The quantitative estimate of drug-likeness (QED) is 0.0365. The normalized spacial score (nSPS) is 19.6. The molecule has 0 spiro atoms. The van der Waals surface area contributed by atoms with Crippen molar-refractivity contribution in [3.8, 4) is 16.9 Å². The Kier molecular flexibility index (Phi) is 10.8. The van der Waals surface area contributed by atoms with E-state index in [0.29, 0.717) is 30.3 Å². The van der Waals surface area contributed by atoms with Gasteiger partial charge < -0.3 is 37.2 Å². The number of hydrogen-bond donors (Lipinski definition) is 7. The number of ether oxygens (including phenoxy) is 1. The summed E-state index contributed by atoms with van der Waals surface area (Å²) in [5.74, 6) is -2.15. The van der Waals surface area contributed by atoms with Gasteiger partial charge in [0.15, 0.2) is 16.9 Å². The first-order valence-corrected chi connectivity index (χ1v) is 18.1. The molecule has 10 N–H and O–H groups in total. The third-order valence-electron chi connectivity index (χ3n) is 8.86. The number of nitrogens with two attached hydrogens (primary N) is 3. The third kappa shape index (κ3) is 7.78. The first-order valence-electron chi connectivity index (χ1n) is 15.9. The highest BCUT2D eigenvalue weighted by Gasteiger charge is 2.58. The summed E-state index contributed by atoms with van der Waals surface area (Å²) in [6.45, 7) is 4.78. The Hall–Kier alpha value is -4.93. The molecule has 0 bridgehead atoms. The fourth-order valence-corrected chi connectivity index (χ4v) is 6.71. The van der Waals surface area contributed by atoms with Crippen molar-refractivity contribution in [2.75, 3.05) is 24.1 Å². The van der Waals surface area contributed by atoms with E-state index >= 15 is 0 Å².